The van der Waals surface area contributed by atoms with Gasteiger partial charge in [-0.25, -0.2) is 9.59 Å². The van der Waals surface area contributed by atoms with Gasteiger partial charge < -0.3 is 24.2 Å². The zero-order chi connectivity index (χ0) is 26.7. The van der Waals surface area contributed by atoms with E-state index in [1.807, 2.05) is 69.3 Å². The summed E-state index contributed by atoms with van der Waals surface area (Å²) in [6, 6.07) is 15.4. The fourth-order valence-electron chi connectivity index (χ4n) is 4.41. The number of rotatable bonds is 5. The fraction of sp³-hybridized carbons (Fsp3) is 0.393. The molecule has 9 heteroatoms. The molecule has 1 fully saturated rings. The van der Waals surface area contributed by atoms with E-state index in [1.165, 1.54) is 18.4 Å². The molecule has 3 aromatic rings. The van der Waals surface area contributed by atoms with Gasteiger partial charge in [-0.05, 0) is 38.5 Å². The summed E-state index contributed by atoms with van der Waals surface area (Å²) in [6.07, 6.45) is -0.296. The van der Waals surface area contributed by atoms with E-state index >= 15 is 0 Å². The molecule has 196 valence electrons. The Kier molecular flexibility index (Phi) is 7.73. The summed E-state index contributed by atoms with van der Waals surface area (Å²) in [5.41, 5.74) is 1.80. The van der Waals surface area contributed by atoms with Crippen molar-refractivity contribution in [3.05, 3.63) is 64.5 Å². The van der Waals surface area contributed by atoms with Crippen LogP contribution < -0.4 is 4.90 Å². The predicted molar refractivity (Wildman–Crippen MR) is 145 cm³/mol. The summed E-state index contributed by atoms with van der Waals surface area (Å²) in [4.78, 5) is 44.5. The third-order valence-corrected chi connectivity index (χ3v) is 7.36. The first kappa shape index (κ1) is 26.5. The minimum absolute atomic E-state index is 0.230. The van der Waals surface area contributed by atoms with Crippen molar-refractivity contribution in [2.45, 2.75) is 32.9 Å². The molecule has 2 aromatic carbocycles. The van der Waals surface area contributed by atoms with Crippen molar-refractivity contribution in [1.82, 2.24) is 9.80 Å². The number of ether oxygens (including phenoxy) is 2. The third kappa shape index (κ3) is 5.88. The molecule has 0 spiro atoms. The predicted octanol–water partition coefficient (Wildman–Crippen LogP) is 5.02. The van der Waals surface area contributed by atoms with E-state index in [4.69, 9.17) is 9.47 Å². The lowest BCUT2D eigenvalue weighted by atomic mass is 10.1. The van der Waals surface area contributed by atoms with Gasteiger partial charge in [0.2, 0.25) is 0 Å². The van der Waals surface area contributed by atoms with Crippen LogP contribution >= 0.6 is 11.3 Å². The highest BCUT2D eigenvalue weighted by molar-refractivity contribution is 7.21. The molecule has 1 aliphatic rings. The number of carbonyl (C=O) groups excluding carboxylic acids is 3. The molecule has 1 aliphatic heterocycles. The molecule has 1 saturated heterocycles. The Labute approximate surface area is 221 Å². The third-order valence-electron chi connectivity index (χ3n) is 6.20. The smallest absolute Gasteiger partial charge is 0.410 e. The van der Waals surface area contributed by atoms with E-state index < -0.39 is 11.6 Å². The summed E-state index contributed by atoms with van der Waals surface area (Å²) in [5.74, 6) is -0.747. The number of methoxy groups -OCH3 is 1. The number of esters is 1. The molecule has 0 aliphatic carbocycles. The molecular formula is C28H33N3O5S. The normalized spacial score (nSPS) is 14.0. The van der Waals surface area contributed by atoms with Gasteiger partial charge in [0.05, 0.1) is 12.7 Å². The van der Waals surface area contributed by atoms with Crippen LogP contribution in [0.4, 0.5) is 10.5 Å². The fourth-order valence-corrected chi connectivity index (χ4v) is 5.60. The number of benzene rings is 2. The number of hydrogen-bond donors (Lipinski definition) is 0. The minimum atomic E-state index is -0.528. The first-order valence-electron chi connectivity index (χ1n) is 12.2. The zero-order valence-electron chi connectivity index (χ0n) is 21.9. The van der Waals surface area contributed by atoms with E-state index in [9.17, 15) is 14.4 Å². The van der Waals surface area contributed by atoms with Crippen LogP contribution in [0.15, 0.2) is 48.5 Å². The van der Waals surface area contributed by atoms with Gasteiger partial charge in [0.1, 0.15) is 10.5 Å². The molecule has 0 radical (unpaired) electrons. The van der Waals surface area contributed by atoms with E-state index in [0.29, 0.717) is 43.2 Å². The number of hydrogen-bond acceptors (Lipinski definition) is 7. The zero-order valence-corrected chi connectivity index (χ0v) is 22.8. The van der Waals surface area contributed by atoms with Gasteiger partial charge >= 0.3 is 12.1 Å². The van der Waals surface area contributed by atoms with Crippen LogP contribution in [0.25, 0.3) is 10.1 Å². The van der Waals surface area contributed by atoms with Crippen LogP contribution in [0.3, 0.4) is 0 Å². The van der Waals surface area contributed by atoms with Gasteiger partial charge in [-0.15, -0.1) is 11.3 Å². The lowest BCUT2D eigenvalue weighted by Gasteiger charge is -2.37. The van der Waals surface area contributed by atoms with Crippen molar-refractivity contribution in [2.75, 3.05) is 45.2 Å². The number of piperazine rings is 1. The van der Waals surface area contributed by atoms with Crippen LogP contribution in [-0.2, 0) is 16.0 Å². The van der Waals surface area contributed by atoms with Crippen molar-refractivity contribution in [1.29, 1.82) is 0 Å². The molecule has 0 saturated carbocycles. The Balaban J connectivity index is 1.50. The highest BCUT2D eigenvalue weighted by atomic mass is 32.1. The average Bonchev–Trinajstić information content (AvgIpc) is 3.27. The molecule has 2 amide bonds. The van der Waals surface area contributed by atoms with Crippen LogP contribution in [0.1, 0.15) is 46.4 Å². The topological polar surface area (TPSA) is 79.4 Å². The first-order chi connectivity index (χ1) is 17.6. The van der Waals surface area contributed by atoms with Gasteiger partial charge in [0.25, 0.3) is 5.91 Å². The van der Waals surface area contributed by atoms with E-state index in [-0.39, 0.29) is 12.0 Å². The van der Waals surface area contributed by atoms with E-state index in [0.717, 1.165) is 21.3 Å². The Morgan fingerprint density at radius 2 is 1.62 bits per heavy atom. The number of amides is 2. The van der Waals surface area contributed by atoms with Crippen molar-refractivity contribution in [3.63, 3.8) is 0 Å². The quantitative estimate of drug-likeness (QED) is 0.437. The monoisotopic (exact) mass is 523 g/mol. The second kappa shape index (κ2) is 10.8. The SMILES string of the molecule is COC(=O)c1c(C(=O)N(C)Cc2ccccc2N2CCN(C(=O)OC(C)(C)C)CC2)sc2ccccc12. The average molecular weight is 524 g/mol. The maximum atomic E-state index is 13.5. The molecule has 8 nitrogen and oxygen atoms in total. The summed E-state index contributed by atoms with van der Waals surface area (Å²) in [6.45, 7) is 8.40. The first-order valence-corrected chi connectivity index (χ1v) is 13.1. The molecule has 0 atom stereocenters. The van der Waals surface area contributed by atoms with Crippen molar-refractivity contribution in [3.8, 4) is 0 Å². The van der Waals surface area contributed by atoms with Crippen LogP contribution in [0, 0.1) is 0 Å². The summed E-state index contributed by atoms with van der Waals surface area (Å²) in [7, 11) is 3.07. The molecule has 4 rings (SSSR count). The lowest BCUT2D eigenvalue weighted by molar-refractivity contribution is 0.0240. The molecule has 2 heterocycles. The number of para-hydroxylation sites is 1. The Morgan fingerprint density at radius 1 is 0.973 bits per heavy atom. The molecule has 1 aromatic heterocycles. The van der Waals surface area contributed by atoms with Crippen LogP contribution in [0.2, 0.25) is 0 Å². The van der Waals surface area contributed by atoms with Crippen LogP contribution in [0.5, 0.6) is 0 Å². The lowest BCUT2D eigenvalue weighted by Crippen LogP contribution is -2.50. The Bertz CT molecular complexity index is 1300. The minimum Gasteiger partial charge on any atom is -0.465 e. The number of fused-ring (bicyclic) bond motifs is 1. The molecule has 0 unspecified atom stereocenters. The van der Waals surface area contributed by atoms with Crippen LogP contribution in [-0.4, -0.2) is 73.7 Å². The molecule has 37 heavy (non-hydrogen) atoms. The summed E-state index contributed by atoms with van der Waals surface area (Å²) >= 11 is 1.30. The van der Waals surface area contributed by atoms with Crippen molar-refractivity contribution in [2.24, 2.45) is 0 Å². The van der Waals surface area contributed by atoms with Gasteiger partial charge in [-0.1, -0.05) is 36.4 Å². The van der Waals surface area contributed by atoms with E-state index in [1.54, 1.807) is 16.8 Å². The van der Waals surface area contributed by atoms with Gasteiger partial charge in [-0.2, -0.15) is 0 Å². The second-order valence-electron chi connectivity index (χ2n) is 10.0. The standard InChI is InChI=1S/C28H33N3O5S/c1-28(2,3)36-27(34)31-16-14-30(15-17-31)21-12-8-6-10-19(21)18-29(4)25(32)24-23(26(33)35-5)20-11-7-9-13-22(20)37-24/h6-13H,14-18H2,1-5H3. The number of anilines is 1. The second-order valence-corrected chi connectivity index (χ2v) is 11.1. The van der Waals surface area contributed by atoms with Crippen molar-refractivity contribution < 1.29 is 23.9 Å². The highest BCUT2D eigenvalue weighted by Gasteiger charge is 2.29. The molecule has 0 N–H and O–H groups in total. The Morgan fingerprint density at radius 3 is 2.30 bits per heavy atom. The largest absolute Gasteiger partial charge is 0.465 e. The number of nitrogens with zero attached hydrogens (tertiary/aromatic N) is 3. The van der Waals surface area contributed by atoms with Gasteiger partial charge in [-0.3, -0.25) is 4.79 Å². The van der Waals surface area contributed by atoms with Crippen molar-refractivity contribution >= 4 is 45.1 Å². The van der Waals surface area contributed by atoms with Gasteiger partial charge in [0.15, 0.2) is 0 Å². The summed E-state index contributed by atoms with van der Waals surface area (Å²) in [5, 5.41) is 0.722. The molecular weight excluding hydrogens is 490 g/mol. The van der Waals surface area contributed by atoms with E-state index in [2.05, 4.69) is 4.90 Å². The maximum absolute atomic E-state index is 13.5. The Hall–Kier alpha value is -3.59. The number of thiophene rings is 1. The highest BCUT2D eigenvalue weighted by Crippen LogP contribution is 2.33. The van der Waals surface area contributed by atoms with Gasteiger partial charge in [0, 0.05) is 55.5 Å². The maximum Gasteiger partial charge on any atom is 0.410 e. The number of carbonyl (C=O) groups is 3. The molecule has 0 bridgehead atoms. The summed E-state index contributed by atoms with van der Waals surface area (Å²) < 4.78 is 11.4.